The second kappa shape index (κ2) is 6.72. The summed E-state index contributed by atoms with van der Waals surface area (Å²) in [6.07, 6.45) is 2.20. The van der Waals surface area contributed by atoms with Crippen molar-refractivity contribution in [1.29, 1.82) is 0 Å². The van der Waals surface area contributed by atoms with Gasteiger partial charge in [0.05, 0.1) is 6.04 Å². The van der Waals surface area contributed by atoms with Gasteiger partial charge in [0.2, 0.25) is 5.91 Å². The van der Waals surface area contributed by atoms with Crippen molar-refractivity contribution in [3.8, 4) is 0 Å². The Kier molecular flexibility index (Phi) is 4.96. The summed E-state index contributed by atoms with van der Waals surface area (Å²) < 4.78 is 0. The highest BCUT2D eigenvalue weighted by atomic mass is 16.2. The third-order valence-corrected chi connectivity index (χ3v) is 3.84. The lowest BCUT2D eigenvalue weighted by Crippen LogP contribution is -2.43. The first-order valence-electron chi connectivity index (χ1n) is 7.33. The van der Waals surface area contributed by atoms with Gasteiger partial charge in [0, 0.05) is 25.2 Å². The molecule has 0 aliphatic heterocycles. The largest absolute Gasteiger partial charge is 0.355 e. The average Bonchev–Trinajstić information content (AvgIpc) is 3.30. The number of benzene rings is 1. The van der Waals surface area contributed by atoms with Crippen molar-refractivity contribution in [2.45, 2.75) is 38.4 Å². The SMILES string of the molecule is CNC(=O)c1ccc(CN(C)[C@@H](C)C(=O)NC2CC2)cc1. The molecule has 0 radical (unpaired) electrons. The molecule has 1 aliphatic rings. The Labute approximate surface area is 125 Å². The molecule has 0 aromatic heterocycles. The summed E-state index contributed by atoms with van der Waals surface area (Å²) in [7, 11) is 3.55. The van der Waals surface area contributed by atoms with Gasteiger partial charge in [-0.05, 0) is 44.5 Å². The molecule has 0 bridgehead atoms. The predicted octanol–water partition coefficient (Wildman–Crippen LogP) is 1.15. The number of hydrogen-bond donors (Lipinski definition) is 2. The smallest absolute Gasteiger partial charge is 0.251 e. The van der Waals surface area contributed by atoms with E-state index < -0.39 is 0 Å². The van der Waals surface area contributed by atoms with Crippen molar-refractivity contribution in [2.24, 2.45) is 0 Å². The first-order valence-corrected chi connectivity index (χ1v) is 7.33. The van der Waals surface area contributed by atoms with E-state index in [9.17, 15) is 9.59 Å². The van der Waals surface area contributed by atoms with Crippen LogP contribution in [0.1, 0.15) is 35.7 Å². The maximum absolute atomic E-state index is 12.0. The van der Waals surface area contributed by atoms with Crippen molar-refractivity contribution in [3.05, 3.63) is 35.4 Å². The second-order valence-corrected chi connectivity index (χ2v) is 5.65. The van der Waals surface area contributed by atoms with E-state index in [-0.39, 0.29) is 17.9 Å². The fourth-order valence-electron chi connectivity index (χ4n) is 2.08. The van der Waals surface area contributed by atoms with Crippen LogP contribution >= 0.6 is 0 Å². The van der Waals surface area contributed by atoms with Crippen LogP contribution in [0.2, 0.25) is 0 Å². The Morgan fingerprint density at radius 2 is 1.90 bits per heavy atom. The van der Waals surface area contributed by atoms with Crippen LogP contribution in [-0.4, -0.2) is 42.9 Å². The molecule has 0 unspecified atom stereocenters. The summed E-state index contributed by atoms with van der Waals surface area (Å²) in [6.45, 7) is 2.59. The molecule has 2 N–H and O–H groups in total. The quantitative estimate of drug-likeness (QED) is 0.826. The number of nitrogens with zero attached hydrogens (tertiary/aromatic N) is 1. The van der Waals surface area contributed by atoms with E-state index in [2.05, 4.69) is 10.6 Å². The summed E-state index contributed by atoms with van der Waals surface area (Å²) in [6, 6.07) is 7.68. The summed E-state index contributed by atoms with van der Waals surface area (Å²) in [4.78, 5) is 25.5. The highest BCUT2D eigenvalue weighted by Gasteiger charge is 2.27. The number of likely N-dealkylation sites (N-methyl/N-ethyl adjacent to an activating group) is 1. The van der Waals surface area contributed by atoms with Crippen LogP contribution in [0.25, 0.3) is 0 Å². The number of rotatable bonds is 6. The molecule has 5 heteroatoms. The van der Waals surface area contributed by atoms with Gasteiger partial charge in [-0.2, -0.15) is 0 Å². The van der Waals surface area contributed by atoms with E-state index in [1.54, 1.807) is 19.2 Å². The third kappa shape index (κ3) is 4.29. The standard InChI is InChI=1S/C16H23N3O2/c1-11(15(20)18-14-8-9-14)19(3)10-12-4-6-13(7-5-12)16(21)17-2/h4-7,11,14H,8-10H2,1-3H3,(H,17,21)(H,18,20)/t11-/m0/s1. The molecule has 114 valence electrons. The Balaban J connectivity index is 1.90. The van der Waals surface area contributed by atoms with Crippen molar-refractivity contribution >= 4 is 11.8 Å². The van der Waals surface area contributed by atoms with Crippen molar-refractivity contribution in [2.75, 3.05) is 14.1 Å². The lowest BCUT2D eigenvalue weighted by Gasteiger charge is -2.24. The fraction of sp³-hybridized carbons (Fsp3) is 0.500. The minimum Gasteiger partial charge on any atom is -0.355 e. The molecular formula is C16H23N3O2. The minimum absolute atomic E-state index is 0.0852. The zero-order chi connectivity index (χ0) is 15.4. The average molecular weight is 289 g/mol. The number of carbonyl (C=O) groups excluding carboxylic acids is 2. The van der Waals surface area contributed by atoms with Crippen LogP contribution in [-0.2, 0) is 11.3 Å². The Hall–Kier alpha value is -1.88. The molecule has 0 heterocycles. The Morgan fingerprint density at radius 1 is 1.29 bits per heavy atom. The molecule has 5 nitrogen and oxygen atoms in total. The molecule has 1 saturated carbocycles. The van der Waals surface area contributed by atoms with E-state index in [1.807, 2.05) is 31.0 Å². The molecule has 1 aromatic carbocycles. The fourth-order valence-corrected chi connectivity index (χ4v) is 2.08. The van der Waals surface area contributed by atoms with Crippen LogP contribution in [0.5, 0.6) is 0 Å². The topological polar surface area (TPSA) is 61.4 Å². The molecule has 1 aliphatic carbocycles. The summed E-state index contributed by atoms with van der Waals surface area (Å²) >= 11 is 0. The number of carbonyl (C=O) groups is 2. The number of hydrogen-bond acceptors (Lipinski definition) is 3. The third-order valence-electron chi connectivity index (χ3n) is 3.84. The van der Waals surface area contributed by atoms with Gasteiger partial charge in [-0.15, -0.1) is 0 Å². The first kappa shape index (κ1) is 15.5. The lowest BCUT2D eigenvalue weighted by atomic mass is 10.1. The number of nitrogens with one attached hydrogen (secondary N) is 2. The first-order chi connectivity index (χ1) is 10.0. The van der Waals surface area contributed by atoms with Crippen LogP contribution < -0.4 is 10.6 Å². The van der Waals surface area contributed by atoms with Crippen LogP contribution in [0.4, 0.5) is 0 Å². The summed E-state index contributed by atoms with van der Waals surface area (Å²) in [5.41, 5.74) is 1.72. The van der Waals surface area contributed by atoms with E-state index in [0.29, 0.717) is 18.2 Å². The van der Waals surface area contributed by atoms with Gasteiger partial charge < -0.3 is 10.6 Å². The number of amides is 2. The predicted molar refractivity (Wildman–Crippen MR) is 81.9 cm³/mol. The highest BCUT2D eigenvalue weighted by molar-refractivity contribution is 5.93. The summed E-state index contributed by atoms with van der Waals surface area (Å²) in [5.74, 6) is -0.00550. The molecule has 1 atom stereocenters. The minimum atomic E-state index is -0.163. The van der Waals surface area contributed by atoms with Gasteiger partial charge >= 0.3 is 0 Å². The second-order valence-electron chi connectivity index (χ2n) is 5.65. The maximum Gasteiger partial charge on any atom is 0.251 e. The molecule has 2 rings (SSSR count). The van der Waals surface area contributed by atoms with Gasteiger partial charge in [0.15, 0.2) is 0 Å². The van der Waals surface area contributed by atoms with Crippen molar-refractivity contribution in [1.82, 2.24) is 15.5 Å². The zero-order valence-electron chi connectivity index (χ0n) is 12.8. The van der Waals surface area contributed by atoms with Gasteiger partial charge in [0.1, 0.15) is 0 Å². The van der Waals surface area contributed by atoms with E-state index in [1.165, 1.54) is 0 Å². The van der Waals surface area contributed by atoms with Gasteiger partial charge in [-0.25, -0.2) is 0 Å². The molecule has 1 fully saturated rings. The van der Waals surface area contributed by atoms with Crippen molar-refractivity contribution in [3.63, 3.8) is 0 Å². The van der Waals surface area contributed by atoms with Crippen LogP contribution in [0.3, 0.4) is 0 Å². The van der Waals surface area contributed by atoms with Gasteiger partial charge in [-0.1, -0.05) is 12.1 Å². The highest BCUT2D eigenvalue weighted by Crippen LogP contribution is 2.19. The molecular weight excluding hydrogens is 266 g/mol. The molecule has 0 spiro atoms. The Bertz CT molecular complexity index is 509. The van der Waals surface area contributed by atoms with E-state index >= 15 is 0 Å². The molecule has 21 heavy (non-hydrogen) atoms. The van der Waals surface area contributed by atoms with E-state index in [4.69, 9.17) is 0 Å². The van der Waals surface area contributed by atoms with Gasteiger partial charge in [0.25, 0.3) is 5.91 Å². The lowest BCUT2D eigenvalue weighted by molar-refractivity contribution is -0.125. The summed E-state index contributed by atoms with van der Waals surface area (Å²) in [5, 5.41) is 5.61. The van der Waals surface area contributed by atoms with Crippen LogP contribution in [0.15, 0.2) is 24.3 Å². The zero-order valence-corrected chi connectivity index (χ0v) is 12.8. The maximum atomic E-state index is 12.0. The monoisotopic (exact) mass is 289 g/mol. The normalized spacial score (nSPS) is 15.6. The Morgan fingerprint density at radius 3 is 2.43 bits per heavy atom. The van der Waals surface area contributed by atoms with Crippen molar-refractivity contribution < 1.29 is 9.59 Å². The van der Waals surface area contributed by atoms with Crippen LogP contribution in [0, 0.1) is 0 Å². The van der Waals surface area contributed by atoms with Gasteiger partial charge in [-0.3, -0.25) is 14.5 Å². The van der Waals surface area contributed by atoms with E-state index in [0.717, 1.165) is 18.4 Å². The molecule has 0 saturated heterocycles. The molecule has 1 aromatic rings. The molecule has 2 amide bonds.